The Bertz CT molecular complexity index is 1050. The van der Waals surface area contributed by atoms with Crippen molar-refractivity contribution < 1.29 is 26.6 Å². The van der Waals surface area contributed by atoms with E-state index >= 15 is 0 Å². The number of nitrogens with one attached hydrogen (secondary N) is 1. The van der Waals surface area contributed by atoms with Crippen molar-refractivity contribution in [2.24, 2.45) is 0 Å². The molecule has 0 aliphatic heterocycles. The maximum atomic E-state index is 12.8. The minimum absolute atomic E-state index is 0.0630. The fourth-order valence-electron chi connectivity index (χ4n) is 2.27. The number of hydrogen-bond donors (Lipinski definition) is 1. The summed E-state index contributed by atoms with van der Waals surface area (Å²) in [5, 5.41) is 2.48. The van der Waals surface area contributed by atoms with Crippen LogP contribution < -0.4 is 5.32 Å². The molecule has 142 valence electrons. The highest BCUT2D eigenvalue weighted by Gasteiger charge is 2.32. The molecule has 0 aliphatic carbocycles. The smallest absolute Gasteiger partial charge is 0.416 e. The predicted molar refractivity (Wildman–Crippen MR) is 91.3 cm³/mol. The SMILES string of the molecule is CCS(=O)c1ccc(NC(C)=O)nc1-c1nc2cc(C(F)(F)F)cnc2o1. The molecule has 1 unspecified atom stereocenters. The number of hydrogen-bond acceptors (Lipinski definition) is 6. The lowest BCUT2D eigenvalue weighted by atomic mass is 10.2. The van der Waals surface area contributed by atoms with E-state index < -0.39 is 22.5 Å². The van der Waals surface area contributed by atoms with Gasteiger partial charge in [0.05, 0.1) is 21.3 Å². The van der Waals surface area contributed by atoms with Gasteiger partial charge in [-0.15, -0.1) is 0 Å². The van der Waals surface area contributed by atoms with Gasteiger partial charge in [0.2, 0.25) is 17.5 Å². The number of carbonyl (C=O) groups is 1. The van der Waals surface area contributed by atoms with Crippen LogP contribution in [0.2, 0.25) is 0 Å². The normalized spacial score (nSPS) is 12.9. The van der Waals surface area contributed by atoms with Crippen LogP contribution in [0.25, 0.3) is 22.8 Å². The Labute approximate surface area is 153 Å². The summed E-state index contributed by atoms with van der Waals surface area (Å²) in [4.78, 5) is 23.4. The van der Waals surface area contributed by atoms with E-state index in [1.165, 1.54) is 19.1 Å². The summed E-state index contributed by atoms with van der Waals surface area (Å²) in [6.07, 6.45) is -3.93. The van der Waals surface area contributed by atoms with Crippen molar-refractivity contribution in [1.29, 1.82) is 0 Å². The molecule has 0 aliphatic rings. The number of rotatable bonds is 4. The first-order valence-electron chi connectivity index (χ1n) is 7.70. The van der Waals surface area contributed by atoms with Crippen LogP contribution in [0.15, 0.2) is 33.7 Å². The van der Waals surface area contributed by atoms with Gasteiger partial charge < -0.3 is 9.73 Å². The molecular weight excluding hydrogens is 385 g/mol. The highest BCUT2D eigenvalue weighted by atomic mass is 32.2. The molecule has 3 heterocycles. The molecule has 3 rings (SSSR count). The number of aromatic nitrogens is 3. The molecule has 27 heavy (non-hydrogen) atoms. The zero-order valence-electron chi connectivity index (χ0n) is 14.1. The van der Waals surface area contributed by atoms with Crippen molar-refractivity contribution in [3.8, 4) is 11.6 Å². The van der Waals surface area contributed by atoms with Crippen LogP contribution in [0.1, 0.15) is 19.4 Å². The lowest BCUT2D eigenvalue weighted by Gasteiger charge is -2.07. The van der Waals surface area contributed by atoms with E-state index in [2.05, 4.69) is 20.3 Å². The molecule has 3 aromatic rings. The van der Waals surface area contributed by atoms with Crippen molar-refractivity contribution in [1.82, 2.24) is 15.0 Å². The van der Waals surface area contributed by atoms with Crippen LogP contribution in [0.3, 0.4) is 0 Å². The third-order valence-corrected chi connectivity index (χ3v) is 4.79. The second kappa shape index (κ2) is 7.06. The molecule has 1 atom stereocenters. The van der Waals surface area contributed by atoms with Crippen LogP contribution in [-0.2, 0) is 21.8 Å². The van der Waals surface area contributed by atoms with Gasteiger partial charge in [-0.25, -0.2) is 15.0 Å². The molecule has 1 N–H and O–H groups in total. The van der Waals surface area contributed by atoms with Crippen molar-refractivity contribution in [3.05, 3.63) is 30.0 Å². The topological polar surface area (TPSA) is 98.0 Å². The van der Waals surface area contributed by atoms with Gasteiger partial charge in [0, 0.05) is 18.9 Å². The van der Waals surface area contributed by atoms with Crippen molar-refractivity contribution >= 4 is 33.8 Å². The van der Waals surface area contributed by atoms with E-state index in [-0.39, 0.29) is 45.2 Å². The first kappa shape index (κ1) is 19.0. The van der Waals surface area contributed by atoms with Gasteiger partial charge in [-0.3, -0.25) is 9.00 Å². The van der Waals surface area contributed by atoms with Crippen LogP contribution in [0.4, 0.5) is 19.0 Å². The molecule has 1 amide bonds. The minimum Gasteiger partial charge on any atom is -0.416 e. The monoisotopic (exact) mass is 398 g/mol. The molecule has 0 aromatic carbocycles. The summed E-state index contributed by atoms with van der Waals surface area (Å²) < 4.78 is 56.2. The van der Waals surface area contributed by atoms with Gasteiger partial charge in [0.25, 0.3) is 0 Å². The summed E-state index contributed by atoms with van der Waals surface area (Å²) in [6.45, 7) is 2.99. The summed E-state index contributed by atoms with van der Waals surface area (Å²) in [6, 6.07) is 3.77. The first-order valence-corrected chi connectivity index (χ1v) is 9.02. The van der Waals surface area contributed by atoms with E-state index in [1.807, 2.05) is 0 Å². The maximum Gasteiger partial charge on any atom is 0.417 e. The number of anilines is 1. The minimum atomic E-state index is -4.57. The standard InChI is InChI=1S/C16H13F3N4O3S/c1-3-27(25)11-4-5-12(21-8(2)24)23-13(11)15-22-10-6-9(16(17,18)19)7-20-14(10)26-15/h4-7H,3H2,1-2H3,(H,21,23,24). The zero-order valence-corrected chi connectivity index (χ0v) is 14.9. The van der Waals surface area contributed by atoms with Gasteiger partial charge in [-0.1, -0.05) is 6.92 Å². The Morgan fingerprint density at radius 3 is 2.67 bits per heavy atom. The molecule has 0 spiro atoms. The fraction of sp³-hybridized carbons (Fsp3) is 0.250. The number of oxazole rings is 1. The van der Waals surface area contributed by atoms with Crippen molar-refractivity contribution in [3.63, 3.8) is 0 Å². The Hall–Kier alpha value is -2.82. The van der Waals surface area contributed by atoms with Gasteiger partial charge in [-0.2, -0.15) is 13.2 Å². The number of alkyl halides is 3. The second-order valence-electron chi connectivity index (χ2n) is 5.42. The molecule has 11 heteroatoms. The average molecular weight is 398 g/mol. The third kappa shape index (κ3) is 3.97. The number of amides is 1. The number of fused-ring (bicyclic) bond motifs is 1. The molecule has 0 saturated carbocycles. The van der Waals surface area contributed by atoms with E-state index in [1.54, 1.807) is 6.92 Å². The summed E-state index contributed by atoms with van der Waals surface area (Å²) in [7, 11) is -1.44. The first-order chi connectivity index (χ1) is 12.7. The van der Waals surface area contributed by atoms with Crippen molar-refractivity contribution in [2.45, 2.75) is 24.9 Å². The molecular formula is C16H13F3N4O3S. The molecule has 0 fully saturated rings. The van der Waals surface area contributed by atoms with E-state index in [0.717, 1.165) is 6.07 Å². The van der Waals surface area contributed by atoms with Crippen LogP contribution in [0.5, 0.6) is 0 Å². The average Bonchev–Trinajstić information content (AvgIpc) is 3.03. The molecule has 0 saturated heterocycles. The van der Waals surface area contributed by atoms with Crippen LogP contribution in [0, 0.1) is 0 Å². The maximum absolute atomic E-state index is 12.8. The highest BCUT2D eigenvalue weighted by molar-refractivity contribution is 7.85. The Morgan fingerprint density at radius 1 is 1.30 bits per heavy atom. The number of nitrogens with zero attached hydrogens (tertiary/aromatic N) is 3. The number of pyridine rings is 2. The lowest BCUT2D eigenvalue weighted by Crippen LogP contribution is -2.09. The molecule has 7 nitrogen and oxygen atoms in total. The highest BCUT2D eigenvalue weighted by Crippen LogP contribution is 2.32. The second-order valence-corrected chi connectivity index (χ2v) is 7.13. The van der Waals surface area contributed by atoms with Gasteiger partial charge in [0.1, 0.15) is 17.0 Å². The molecule has 0 radical (unpaired) electrons. The van der Waals surface area contributed by atoms with Gasteiger partial charge >= 0.3 is 6.18 Å². The van der Waals surface area contributed by atoms with Crippen molar-refractivity contribution in [2.75, 3.05) is 11.1 Å². The summed E-state index contributed by atoms with van der Waals surface area (Å²) in [5.74, 6) is -0.0570. The molecule has 3 aromatic heterocycles. The number of carbonyl (C=O) groups excluding carboxylic acids is 1. The van der Waals surface area contributed by atoms with E-state index in [9.17, 15) is 22.2 Å². The Balaban J connectivity index is 2.15. The van der Waals surface area contributed by atoms with Crippen LogP contribution in [-0.4, -0.2) is 30.8 Å². The van der Waals surface area contributed by atoms with Gasteiger partial charge in [0.15, 0.2) is 0 Å². The van der Waals surface area contributed by atoms with E-state index in [4.69, 9.17) is 4.42 Å². The number of halogens is 3. The zero-order chi connectivity index (χ0) is 19.8. The lowest BCUT2D eigenvalue weighted by molar-refractivity contribution is -0.137. The third-order valence-electron chi connectivity index (χ3n) is 3.45. The summed E-state index contributed by atoms with van der Waals surface area (Å²) in [5.41, 5.74) is -1.13. The van der Waals surface area contributed by atoms with E-state index in [0.29, 0.717) is 6.20 Å². The Morgan fingerprint density at radius 2 is 2.04 bits per heavy atom. The predicted octanol–water partition coefficient (Wildman–Crippen LogP) is 3.39. The quantitative estimate of drug-likeness (QED) is 0.723. The fourth-order valence-corrected chi connectivity index (χ4v) is 3.15. The largest absolute Gasteiger partial charge is 0.417 e. The summed E-state index contributed by atoms with van der Waals surface area (Å²) >= 11 is 0. The molecule has 0 bridgehead atoms. The van der Waals surface area contributed by atoms with Crippen LogP contribution >= 0.6 is 0 Å². The van der Waals surface area contributed by atoms with Gasteiger partial charge in [-0.05, 0) is 18.2 Å². The Kier molecular flexibility index (Phi) is 4.96.